The van der Waals surface area contributed by atoms with Crippen molar-refractivity contribution >= 4 is 22.8 Å². The number of nitrogens with zero attached hydrogens (tertiary/aromatic N) is 4. The van der Waals surface area contributed by atoms with Crippen molar-refractivity contribution in [3.63, 3.8) is 0 Å². The van der Waals surface area contributed by atoms with E-state index in [1.165, 1.54) is 0 Å². The van der Waals surface area contributed by atoms with Gasteiger partial charge in [-0.3, -0.25) is 14.6 Å². The van der Waals surface area contributed by atoms with Crippen molar-refractivity contribution in [2.75, 3.05) is 0 Å². The molecule has 0 unspecified atom stereocenters. The minimum Gasteiger partial charge on any atom is -0.351 e. The number of carbonyl (C=O) groups is 2. The highest BCUT2D eigenvalue weighted by atomic mass is 16.2. The Hall–Kier alpha value is -3.22. The minimum atomic E-state index is -1.02. The van der Waals surface area contributed by atoms with Crippen LogP contribution in [0.5, 0.6) is 0 Å². The van der Waals surface area contributed by atoms with E-state index in [0.717, 1.165) is 42.3 Å². The first kappa shape index (κ1) is 18.8. The van der Waals surface area contributed by atoms with E-state index in [0.29, 0.717) is 18.9 Å². The van der Waals surface area contributed by atoms with Crippen molar-refractivity contribution in [3.05, 3.63) is 60.2 Å². The Labute approximate surface area is 175 Å². The fourth-order valence-electron chi connectivity index (χ4n) is 4.66. The van der Waals surface area contributed by atoms with Crippen molar-refractivity contribution in [2.24, 2.45) is 0 Å². The van der Waals surface area contributed by atoms with Gasteiger partial charge in [-0.25, -0.2) is 4.98 Å². The van der Waals surface area contributed by atoms with Crippen LogP contribution in [0, 0.1) is 0 Å². The maximum Gasteiger partial charge on any atom is 0.291 e. The quantitative estimate of drug-likeness (QED) is 0.726. The molecule has 1 aromatic carbocycles. The zero-order valence-electron chi connectivity index (χ0n) is 17.0. The number of imidazole rings is 1. The number of nitrogens with one attached hydrogen (secondary N) is 1. The number of hydrogen-bond acceptors (Lipinski definition) is 4. The van der Waals surface area contributed by atoms with Gasteiger partial charge in [0.15, 0.2) is 5.82 Å². The molecule has 7 nitrogen and oxygen atoms in total. The number of amides is 2. The fourth-order valence-corrected chi connectivity index (χ4v) is 4.66. The van der Waals surface area contributed by atoms with Gasteiger partial charge in [0.25, 0.3) is 5.91 Å². The van der Waals surface area contributed by atoms with Gasteiger partial charge >= 0.3 is 0 Å². The fraction of sp³-hybridized carbons (Fsp3) is 0.391. The molecule has 2 aromatic heterocycles. The second-order valence-electron chi connectivity index (χ2n) is 8.49. The lowest BCUT2D eigenvalue weighted by Crippen LogP contribution is -2.64. The van der Waals surface area contributed by atoms with Crippen LogP contribution in [0.2, 0.25) is 0 Å². The molecule has 1 N–H and O–H groups in total. The molecule has 0 saturated heterocycles. The molecule has 2 amide bonds. The monoisotopic (exact) mass is 403 g/mol. The Morgan fingerprint density at radius 1 is 1.20 bits per heavy atom. The van der Waals surface area contributed by atoms with E-state index < -0.39 is 5.54 Å². The summed E-state index contributed by atoms with van der Waals surface area (Å²) >= 11 is 0. The lowest BCUT2D eigenvalue weighted by atomic mass is 9.94. The molecule has 154 valence electrons. The molecular weight excluding hydrogens is 378 g/mol. The molecule has 7 heteroatoms. The SMILES string of the molecule is C[C@@]1(C(=O)NC2CCCC2)Cn2c(nc3ccccc32)C(=O)N1Cc1cccnc1. The lowest BCUT2D eigenvalue weighted by Gasteiger charge is -2.44. The van der Waals surface area contributed by atoms with Crippen molar-refractivity contribution < 1.29 is 9.59 Å². The van der Waals surface area contributed by atoms with Crippen molar-refractivity contribution in [1.29, 1.82) is 0 Å². The molecule has 0 bridgehead atoms. The summed E-state index contributed by atoms with van der Waals surface area (Å²) < 4.78 is 1.89. The predicted octanol–water partition coefficient (Wildman–Crippen LogP) is 2.90. The number of benzene rings is 1. The first-order chi connectivity index (χ1) is 14.6. The van der Waals surface area contributed by atoms with Crippen LogP contribution >= 0.6 is 0 Å². The summed E-state index contributed by atoms with van der Waals surface area (Å²) in [5, 5.41) is 3.21. The maximum atomic E-state index is 13.6. The molecule has 0 spiro atoms. The van der Waals surface area contributed by atoms with Crippen LogP contribution in [0.25, 0.3) is 11.0 Å². The molecular formula is C23H25N5O2. The molecule has 1 aliphatic carbocycles. The average molecular weight is 403 g/mol. The molecule has 0 radical (unpaired) electrons. The van der Waals surface area contributed by atoms with Gasteiger partial charge in [0, 0.05) is 25.0 Å². The number of pyridine rings is 1. The van der Waals surface area contributed by atoms with E-state index in [-0.39, 0.29) is 17.9 Å². The third-order valence-corrected chi connectivity index (χ3v) is 6.40. The Morgan fingerprint density at radius 2 is 2.00 bits per heavy atom. The summed E-state index contributed by atoms with van der Waals surface area (Å²) in [6.07, 6.45) is 7.70. The summed E-state index contributed by atoms with van der Waals surface area (Å²) in [6, 6.07) is 11.6. The zero-order valence-corrected chi connectivity index (χ0v) is 17.0. The number of carbonyl (C=O) groups excluding carboxylic acids is 2. The first-order valence-electron chi connectivity index (χ1n) is 10.5. The van der Waals surface area contributed by atoms with Crippen molar-refractivity contribution in [1.82, 2.24) is 24.8 Å². The standard InChI is InChI=1S/C23H25N5O2/c1-23(22(30)25-17-8-2-3-9-17)15-27-19-11-5-4-10-18(19)26-20(27)21(29)28(23)14-16-7-6-12-24-13-16/h4-7,10-13,17H,2-3,8-9,14-15H2,1H3,(H,25,30)/t23-/m0/s1. The zero-order chi connectivity index (χ0) is 20.7. The van der Waals surface area contributed by atoms with E-state index in [1.54, 1.807) is 17.3 Å². The molecule has 30 heavy (non-hydrogen) atoms. The van der Waals surface area contributed by atoms with Crippen LogP contribution < -0.4 is 5.32 Å². The molecule has 1 aliphatic heterocycles. The topological polar surface area (TPSA) is 80.1 Å². The van der Waals surface area contributed by atoms with E-state index in [9.17, 15) is 9.59 Å². The summed E-state index contributed by atoms with van der Waals surface area (Å²) in [6.45, 7) is 2.54. The van der Waals surface area contributed by atoms with Crippen LogP contribution in [0.15, 0.2) is 48.8 Å². The van der Waals surface area contributed by atoms with E-state index in [4.69, 9.17) is 0 Å². The van der Waals surface area contributed by atoms with Crippen LogP contribution in [-0.4, -0.2) is 42.8 Å². The third-order valence-electron chi connectivity index (χ3n) is 6.40. The highest BCUT2D eigenvalue weighted by molar-refractivity contribution is 6.01. The van der Waals surface area contributed by atoms with Crippen LogP contribution in [0.4, 0.5) is 0 Å². The number of hydrogen-bond donors (Lipinski definition) is 1. The van der Waals surface area contributed by atoms with E-state index in [1.807, 2.05) is 47.9 Å². The number of rotatable bonds is 4. The van der Waals surface area contributed by atoms with Gasteiger partial charge in [-0.1, -0.05) is 31.0 Å². The number of fused-ring (bicyclic) bond motifs is 3. The Bertz CT molecular complexity index is 1100. The number of para-hydroxylation sites is 2. The first-order valence-corrected chi connectivity index (χ1v) is 10.5. The minimum absolute atomic E-state index is 0.102. The highest BCUT2D eigenvalue weighted by Gasteiger charge is 2.48. The van der Waals surface area contributed by atoms with Crippen molar-refractivity contribution in [3.8, 4) is 0 Å². The predicted molar refractivity (Wildman–Crippen MR) is 113 cm³/mol. The molecule has 2 aliphatic rings. The average Bonchev–Trinajstić information content (AvgIpc) is 3.40. The molecule has 5 rings (SSSR count). The normalized spacial score (nSPS) is 21.8. The molecule has 1 fully saturated rings. The van der Waals surface area contributed by atoms with Crippen LogP contribution in [-0.2, 0) is 17.9 Å². The molecule has 1 atom stereocenters. The smallest absolute Gasteiger partial charge is 0.291 e. The van der Waals surface area contributed by atoms with Gasteiger partial charge in [0.1, 0.15) is 5.54 Å². The van der Waals surface area contributed by atoms with E-state index >= 15 is 0 Å². The second-order valence-corrected chi connectivity index (χ2v) is 8.49. The van der Waals surface area contributed by atoms with Gasteiger partial charge in [-0.15, -0.1) is 0 Å². The summed E-state index contributed by atoms with van der Waals surface area (Å²) in [5.74, 6) is 0.0479. The van der Waals surface area contributed by atoms with Crippen molar-refractivity contribution in [2.45, 2.75) is 57.3 Å². The Morgan fingerprint density at radius 3 is 2.77 bits per heavy atom. The van der Waals surface area contributed by atoms with Gasteiger partial charge in [-0.2, -0.15) is 0 Å². The summed E-state index contributed by atoms with van der Waals surface area (Å²) in [7, 11) is 0. The van der Waals surface area contributed by atoms with Gasteiger partial charge in [0.2, 0.25) is 5.91 Å². The largest absolute Gasteiger partial charge is 0.351 e. The van der Waals surface area contributed by atoms with Gasteiger partial charge in [-0.05, 0) is 43.5 Å². The maximum absolute atomic E-state index is 13.6. The highest BCUT2D eigenvalue weighted by Crippen LogP contribution is 2.32. The summed E-state index contributed by atoms with van der Waals surface area (Å²) in [5.41, 5.74) is 1.51. The van der Waals surface area contributed by atoms with E-state index in [2.05, 4.69) is 15.3 Å². The Kier molecular flexibility index (Phi) is 4.53. The molecule has 3 heterocycles. The summed E-state index contributed by atoms with van der Waals surface area (Å²) in [4.78, 5) is 37.5. The second kappa shape index (κ2) is 7.23. The van der Waals surface area contributed by atoms with Gasteiger partial charge < -0.3 is 14.8 Å². The number of aromatic nitrogens is 3. The Balaban J connectivity index is 1.57. The van der Waals surface area contributed by atoms with Crippen LogP contribution in [0.1, 0.15) is 48.8 Å². The third kappa shape index (κ3) is 3.05. The lowest BCUT2D eigenvalue weighted by molar-refractivity contribution is -0.133. The molecule has 3 aromatic rings. The van der Waals surface area contributed by atoms with Crippen LogP contribution in [0.3, 0.4) is 0 Å². The van der Waals surface area contributed by atoms with Gasteiger partial charge in [0.05, 0.1) is 17.6 Å². The molecule has 1 saturated carbocycles.